The molecule has 0 fully saturated rings. The predicted molar refractivity (Wildman–Crippen MR) is 114 cm³/mol. The van der Waals surface area contributed by atoms with Gasteiger partial charge in [-0.3, -0.25) is 10.1 Å². The van der Waals surface area contributed by atoms with E-state index < -0.39 is 16.1 Å². The first kappa shape index (κ1) is 20.7. The molecule has 6 nitrogen and oxygen atoms in total. The molecule has 1 atom stereocenters. The number of rotatable bonds is 7. The number of primary sulfonamides is 1. The predicted octanol–water partition coefficient (Wildman–Crippen LogP) is 3.04. The van der Waals surface area contributed by atoms with Crippen LogP contribution in [-0.2, 0) is 14.8 Å². The van der Waals surface area contributed by atoms with Crippen LogP contribution < -0.4 is 15.8 Å². The van der Waals surface area contributed by atoms with E-state index in [0.717, 1.165) is 11.1 Å². The summed E-state index contributed by atoms with van der Waals surface area (Å²) in [6, 6.07) is 24.9. The van der Waals surface area contributed by atoms with Crippen LogP contribution in [0.2, 0.25) is 0 Å². The third kappa shape index (κ3) is 5.51. The van der Waals surface area contributed by atoms with E-state index in [9.17, 15) is 13.2 Å². The van der Waals surface area contributed by atoms with E-state index in [4.69, 9.17) is 5.14 Å². The van der Waals surface area contributed by atoms with Crippen molar-refractivity contribution in [3.05, 3.63) is 96.1 Å². The molecular formula is C22H23N3O3S. The molecule has 0 aromatic heterocycles. The Kier molecular flexibility index (Phi) is 6.43. The monoisotopic (exact) mass is 409 g/mol. The Morgan fingerprint density at radius 2 is 1.31 bits per heavy atom. The smallest absolute Gasteiger partial charge is 0.241 e. The lowest BCUT2D eigenvalue weighted by Gasteiger charge is -2.24. The Bertz CT molecular complexity index is 1010. The van der Waals surface area contributed by atoms with E-state index in [1.165, 1.54) is 24.3 Å². The molecule has 7 heteroatoms. The third-order valence-corrected chi connectivity index (χ3v) is 5.46. The Balaban J connectivity index is 1.74. The maximum Gasteiger partial charge on any atom is 0.241 e. The Morgan fingerprint density at radius 3 is 1.76 bits per heavy atom. The van der Waals surface area contributed by atoms with Gasteiger partial charge in [-0.15, -0.1) is 0 Å². The van der Waals surface area contributed by atoms with Gasteiger partial charge < -0.3 is 5.32 Å². The van der Waals surface area contributed by atoms with Gasteiger partial charge in [0.05, 0.1) is 17.0 Å². The summed E-state index contributed by atoms with van der Waals surface area (Å²) < 4.78 is 22.7. The third-order valence-electron chi connectivity index (χ3n) is 4.53. The zero-order valence-electron chi connectivity index (χ0n) is 15.9. The molecule has 0 aliphatic rings. The second-order valence-corrected chi connectivity index (χ2v) is 8.26. The maximum atomic E-state index is 12.7. The molecule has 0 spiro atoms. The van der Waals surface area contributed by atoms with E-state index in [1.54, 1.807) is 6.92 Å². The zero-order chi connectivity index (χ0) is 20.9. The van der Waals surface area contributed by atoms with E-state index in [-0.39, 0.29) is 16.8 Å². The quantitative estimate of drug-likeness (QED) is 0.558. The molecule has 0 aliphatic carbocycles. The van der Waals surface area contributed by atoms with Crippen LogP contribution in [0.5, 0.6) is 0 Å². The summed E-state index contributed by atoms with van der Waals surface area (Å²) in [4.78, 5) is 12.7. The summed E-state index contributed by atoms with van der Waals surface area (Å²) in [5.74, 6) is -0.231. The van der Waals surface area contributed by atoms with Crippen molar-refractivity contribution >= 4 is 21.6 Å². The fourth-order valence-electron chi connectivity index (χ4n) is 2.98. The second kappa shape index (κ2) is 9.00. The van der Waals surface area contributed by atoms with Crippen molar-refractivity contribution in [1.82, 2.24) is 5.32 Å². The molecule has 0 radical (unpaired) electrons. The highest BCUT2D eigenvalue weighted by atomic mass is 32.2. The maximum absolute atomic E-state index is 12.7. The largest absolute Gasteiger partial charge is 0.325 e. The van der Waals surface area contributed by atoms with Crippen LogP contribution in [0.4, 0.5) is 5.69 Å². The van der Waals surface area contributed by atoms with Gasteiger partial charge >= 0.3 is 0 Å². The summed E-state index contributed by atoms with van der Waals surface area (Å²) in [6.45, 7) is 1.78. The molecule has 3 aromatic carbocycles. The molecule has 0 aliphatic heterocycles. The van der Waals surface area contributed by atoms with Crippen LogP contribution in [0.3, 0.4) is 0 Å². The van der Waals surface area contributed by atoms with Gasteiger partial charge in [0, 0.05) is 5.69 Å². The lowest BCUT2D eigenvalue weighted by atomic mass is 9.98. The highest BCUT2D eigenvalue weighted by Gasteiger charge is 2.21. The molecule has 0 saturated carbocycles. The lowest BCUT2D eigenvalue weighted by molar-refractivity contribution is -0.117. The molecule has 3 aromatic rings. The van der Waals surface area contributed by atoms with Gasteiger partial charge in [-0.1, -0.05) is 60.7 Å². The van der Waals surface area contributed by atoms with Crippen LogP contribution in [-0.4, -0.2) is 20.4 Å². The highest BCUT2D eigenvalue weighted by molar-refractivity contribution is 7.89. The molecule has 4 N–H and O–H groups in total. The number of nitrogens with two attached hydrogens (primary N) is 1. The zero-order valence-corrected chi connectivity index (χ0v) is 16.8. The minimum atomic E-state index is -3.77. The van der Waals surface area contributed by atoms with Crippen molar-refractivity contribution < 1.29 is 13.2 Å². The molecule has 0 bridgehead atoms. The molecule has 0 heterocycles. The normalized spacial score (nSPS) is 12.5. The van der Waals surface area contributed by atoms with Gasteiger partial charge in [-0.25, -0.2) is 13.6 Å². The first-order valence-corrected chi connectivity index (χ1v) is 10.7. The van der Waals surface area contributed by atoms with Crippen LogP contribution in [0.15, 0.2) is 89.8 Å². The number of hydrogen-bond acceptors (Lipinski definition) is 4. The standard InChI is InChI=1S/C22H23N3O3S/c1-16(22(26)25-19-12-14-20(15-13-19)29(23,27)28)24-21(17-8-4-2-5-9-17)18-10-6-3-7-11-18/h2-16,21,24H,1H3,(H,25,26)(H2,23,27,28)/t16-/m0/s1. The van der Waals surface area contributed by atoms with Crippen molar-refractivity contribution in [1.29, 1.82) is 0 Å². The average Bonchev–Trinajstić information content (AvgIpc) is 2.73. The topological polar surface area (TPSA) is 101 Å². The SMILES string of the molecule is C[C@H](NC(c1ccccc1)c1ccccc1)C(=O)Nc1ccc(S(N)(=O)=O)cc1. The van der Waals surface area contributed by atoms with Crippen molar-refractivity contribution in [3.63, 3.8) is 0 Å². The molecule has 3 rings (SSSR count). The van der Waals surface area contributed by atoms with Gasteiger partial charge in [0.15, 0.2) is 0 Å². The van der Waals surface area contributed by atoms with Crippen molar-refractivity contribution in [2.45, 2.75) is 23.9 Å². The highest BCUT2D eigenvalue weighted by Crippen LogP contribution is 2.22. The van der Waals surface area contributed by atoms with Crippen LogP contribution in [0, 0.1) is 0 Å². The minimum absolute atomic E-state index is 0.00473. The molecule has 0 saturated heterocycles. The van der Waals surface area contributed by atoms with Gasteiger partial charge in [0.2, 0.25) is 15.9 Å². The molecule has 29 heavy (non-hydrogen) atoms. The number of amides is 1. The summed E-state index contributed by atoms with van der Waals surface area (Å²) in [6.07, 6.45) is 0. The minimum Gasteiger partial charge on any atom is -0.325 e. The number of nitrogens with one attached hydrogen (secondary N) is 2. The van der Waals surface area contributed by atoms with Crippen molar-refractivity contribution in [2.24, 2.45) is 5.14 Å². The average molecular weight is 410 g/mol. The number of anilines is 1. The first-order chi connectivity index (χ1) is 13.8. The van der Waals surface area contributed by atoms with E-state index in [2.05, 4.69) is 10.6 Å². The number of benzene rings is 3. The van der Waals surface area contributed by atoms with Gasteiger partial charge in [0.1, 0.15) is 0 Å². The Labute approximate surface area is 170 Å². The number of hydrogen-bond donors (Lipinski definition) is 3. The van der Waals surface area contributed by atoms with E-state index in [1.807, 2.05) is 60.7 Å². The van der Waals surface area contributed by atoms with Crippen LogP contribution >= 0.6 is 0 Å². The molecule has 150 valence electrons. The fraction of sp³-hybridized carbons (Fsp3) is 0.136. The van der Waals surface area contributed by atoms with E-state index >= 15 is 0 Å². The van der Waals surface area contributed by atoms with Crippen molar-refractivity contribution in [2.75, 3.05) is 5.32 Å². The summed E-state index contributed by atoms with van der Waals surface area (Å²) in [5.41, 5.74) is 2.60. The Morgan fingerprint density at radius 1 is 0.828 bits per heavy atom. The summed E-state index contributed by atoms with van der Waals surface area (Å²) >= 11 is 0. The summed E-state index contributed by atoms with van der Waals surface area (Å²) in [7, 11) is -3.77. The molecule has 0 unspecified atom stereocenters. The number of carbonyl (C=O) groups is 1. The fourth-order valence-corrected chi connectivity index (χ4v) is 3.50. The van der Waals surface area contributed by atoms with Gasteiger partial charge in [-0.05, 0) is 42.3 Å². The Hall–Kier alpha value is -3.00. The van der Waals surface area contributed by atoms with Gasteiger partial charge in [0.25, 0.3) is 0 Å². The number of sulfonamides is 1. The van der Waals surface area contributed by atoms with E-state index in [0.29, 0.717) is 5.69 Å². The van der Waals surface area contributed by atoms with Crippen molar-refractivity contribution in [3.8, 4) is 0 Å². The van der Waals surface area contributed by atoms with Gasteiger partial charge in [-0.2, -0.15) is 0 Å². The first-order valence-electron chi connectivity index (χ1n) is 9.14. The number of carbonyl (C=O) groups excluding carboxylic acids is 1. The summed E-state index contributed by atoms with van der Waals surface area (Å²) in [5, 5.41) is 11.3. The molecule has 1 amide bonds. The lowest BCUT2D eigenvalue weighted by Crippen LogP contribution is -2.40. The van der Waals surface area contributed by atoms with Crippen LogP contribution in [0.25, 0.3) is 0 Å². The van der Waals surface area contributed by atoms with Crippen LogP contribution in [0.1, 0.15) is 24.1 Å². The second-order valence-electron chi connectivity index (χ2n) is 6.70. The molecular weight excluding hydrogens is 386 g/mol.